The van der Waals surface area contributed by atoms with Crippen LogP contribution in [-0.4, -0.2) is 29.2 Å². The number of aliphatic hydroxyl groups excluding tert-OH is 1. The fourth-order valence-corrected chi connectivity index (χ4v) is 1.21. The van der Waals surface area contributed by atoms with Crippen molar-refractivity contribution in [3.05, 3.63) is 35.9 Å². The van der Waals surface area contributed by atoms with E-state index in [1.165, 1.54) is 0 Å². The first-order chi connectivity index (χ1) is 7.70. The Hall–Kier alpha value is -0.940. The molecule has 0 aromatic heterocycles. The van der Waals surface area contributed by atoms with Crippen molar-refractivity contribution in [2.45, 2.75) is 25.6 Å². The first-order valence-corrected chi connectivity index (χ1v) is 5.25. The number of ether oxygens (including phenoxy) is 1. The molecule has 0 bridgehead atoms. The maximum absolute atomic E-state index is 8.96. The molecule has 0 spiro atoms. The minimum Gasteiger partial charge on any atom is -0.393 e. The van der Waals surface area contributed by atoms with Gasteiger partial charge in [0.05, 0.1) is 13.2 Å². The summed E-state index contributed by atoms with van der Waals surface area (Å²) in [6.07, 6.45) is 0.437. The van der Waals surface area contributed by atoms with Gasteiger partial charge in [0, 0.05) is 13.0 Å². The second kappa shape index (κ2) is 6.60. The topological polar surface area (TPSA) is 58.9 Å². The van der Waals surface area contributed by atoms with Crippen LogP contribution in [0.2, 0.25) is 0 Å². The largest absolute Gasteiger partial charge is 0.393 e. The van der Waals surface area contributed by atoms with Gasteiger partial charge in [0.15, 0.2) is 0 Å². The number of benzene rings is 1. The van der Waals surface area contributed by atoms with E-state index in [1.807, 2.05) is 30.3 Å². The lowest BCUT2D eigenvalue weighted by Gasteiger charge is -2.22. The molecule has 4 heteroatoms. The summed E-state index contributed by atoms with van der Waals surface area (Å²) in [6, 6.07) is 9.81. The van der Waals surface area contributed by atoms with Crippen LogP contribution in [0.5, 0.6) is 0 Å². The van der Waals surface area contributed by atoms with Crippen LogP contribution >= 0.6 is 0 Å². The molecule has 0 heterocycles. The Balaban J connectivity index is 2.22. The van der Waals surface area contributed by atoms with E-state index in [1.54, 1.807) is 6.92 Å². The zero-order valence-electron chi connectivity index (χ0n) is 9.43. The molecule has 0 aliphatic carbocycles. The normalized spacial score (nSPS) is 14.7. The molecule has 0 saturated carbocycles. The molecule has 1 aromatic rings. The standard InChI is InChI=1S/C12H18O4/c1-12(10-13,16-14)7-8-15-9-11-5-3-2-4-6-11/h2-6,13-14H,7-10H2,1H3. The van der Waals surface area contributed by atoms with Crippen LogP contribution in [0, 0.1) is 0 Å². The van der Waals surface area contributed by atoms with Gasteiger partial charge in [-0.25, -0.2) is 4.89 Å². The average Bonchev–Trinajstić information content (AvgIpc) is 2.36. The van der Waals surface area contributed by atoms with E-state index in [9.17, 15) is 0 Å². The summed E-state index contributed by atoms with van der Waals surface area (Å²) >= 11 is 0. The van der Waals surface area contributed by atoms with Gasteiger partial charge in [0.2, 0.25) is 0 Å². The third kappa shape index (κ3) is 4.28. The smallest absolute Gasteiger partial charge is 0.126 e. The molecule has 1 unspecified atom stereocenters. The molecule has 16 heavy (non-hydrogen) atoms. The van der Waals surface area contributed by atoms with Gasteiger partial charge >= 0.3 is 0 Å². The second-order valence-corrected chi connectivity index (χ2v) is 3.99. The molecule has 0 aliphatic heterocycles. The highest BCUT2D eigenvalue weighted by Crippen LogP contribution is 2.13. The molecule has 0 saturated heterocycles. The van der Waals surface area contributed by atoms with Crippen LogP contribution < -0.4 is 0 Å². The first kappa shape index (κ1) is 13.1. The molecule has 1 rings (SSSR count). The van der Waals surface area contributed by atoms with Crippen molar-refractivity contribution in [1.29, 1.82) is 0 Å². The van der Waals surface area contributed by atoms with Crippen LogP contribution in [0.25, 0.3) is 0 Å². The molecule has 0 fully saturated rings. The lowest BCUT2D eigenvalue weighted by Crippen LogP contribution is -2.33. The molecule has 1 aromatic carbocycles. The Kier molecular flexibility index (Phi) is 5.42. The van der Waals surface area contributed by atoms with Crippen molar-refractivity contribution in [3.8, 4) is 0 Å². The van der Waals surface area contributed by atoms with Crippen LogP contribution in [0.3, 0.4) is 0 Å². The van der Waals surface area contributed by atoms with E-state index in [-0.39, 0.29) is 6.61 Å². The fourth-order valence-electron chi connectivity index (χ4n) is 1.21. The van der Waals surface area contributed by atoms with E-state index in [4.69, 9.17) is 15.1 Å². The molecule has 0 amide bonds. The van der Waals surface area contributed by atoms with Gasteiger partial charge in [-0.05, 0) is 12.5 Å². The van der Waals surface area contributed by atoms with Gasteiger partial charge in [-0.1, -0.05) is 30.3 Å². The lowest BCUT2D eigenvalue weighted by atomic mass is 10.1. The third-order valence-electron chi connectivity index (χ3n) is 2.44. The molecule has 1 atom stereocenters. The zero-order chi connectivity index (χ0) is 11.9. The van der Waals surface area contributed by atoms with Crippen molar-refractivity contribution < 1.29 is 20.0 Å². The summed E-state index contributed by atoms with van der Waals surface area (Å²) < 4.78 is 5.42. The first-order valence-electron chi connectivity index (χ1n) is 5.25. The van der Waals surface area contributed by atoms with E-state index < -0.39 is 5.60 Å². The number of hydrogen-bond acceptors (Lipinski definition) is 4. The molecule has 4 nitrogen and oxygen atoms in total. The van der Waals surface area contributed by atoms with E-state index in [0.29, 0.717) is 19.6 Å². The molecule has 0 radical (unpaired) electrons. The van der Waals surface area contributed by atoms with Crippen LogP contribution in [0.1, 0.15) is 18.9 Å². The summed E-state index contributed by atoms with van der Waals surface area (Å²) in [6.45, 7) is 2.33. The molecular weight excluding hydrogens is 208 g/mol. The molecule has 0 aliphatic rings. The van der Waals surface area contributed by atoms with Crippen molar-refractivity contribution in [3.63, 3.8) is 0 Å². The van der Waals surface area contributed by atoms with Crippen LogP contribution in [-0.2, 0) is 16.2 Å². The van der Waals surface area contributed by atoms with Crippen molar-refractivity contribution >= 4 is 0 Å². The summed E-state index contributed by atoms with van der Waals surface area (Å²) in [4.78, 5) is 4.21. The highest BCUT2D eigenvalue weighted by atomic mass is 17.1. The predicted octanol–water partition coefficient (Wildman–Crippen LogP) is 1.83. The van der Waals surface area contributed by atoms with Gasteiger partial charge in [0.25, 0.3) is 0 Å². The Morgan fingerprint density at radius 3 is 2.50 bits per heavy atom. The summed E-state index contributed by atoms with van der Waals surface area (Å²) in [5, 5.41) is 17.5. The average molecular weight is 226 g/mol. The lowest BCUT2D eigenvalue weighted by molar-refractivity contribution is -0.328. The van der Waals surface area contributed by atoms with Gasteiger partial charge in [-0.2, -0.15) is 0 Å². The van der Waals surface area contributed by atoms with E-state index in [2.05, 4.69) is 4.89 Å². The highest BCUT2D eigenvalue weighted by molar-refractivity contribution is 5.13. The Morgan fingerprint density at radius 2 is 1.94 bits per heavy atom. The quantitative estimate of drug-likeness (QED) is 0.423. The summed E-state index contributed by atoms with van der Waals surface area (Å²) in [5.41, 5.74) is 0.162. The maximum atomic E-state index is 8.96. The predicted molar refractivity (Wildman–Crippen MR) is 59.9 cm³/mol. The van der Waals surface area contributed by atoms with E-state index in [0.717, 1.165) is 5.56 Å². The van der Waals surface area contributed by atoms with Gasteiger partial charge in [-0.15, -0.1) is 0 Å². The number of aliphatic hydroxyl groups is 1. The van der Waals surface area contributed by atoms with Crippen LogP contribution in [0.15, 0.2) is 30.3 Å². The third-order valence-corrected chi connectivity index (χ3v) is 2.44. The maximum Gasteiger partial charge on any atom is 0.126 e. The summed E-state index contributed by atoms with van der Waals surface area (Å²) in [7, 11) is 0. The zero-order valence-corrected chi connectivity index (χ0v) is 9.43. The number of rotatable bonds is 7. The SMILES string of the molecule is CC(CO)(CCOCc1ccccc1)OO. The number of hydrogen-bond donors (Lipinski definition) is 2. The van der Waals surface area contributed by atoms with Crippen molar-refractivity contribution in [2.75, 3.05) is 13.2 Å². The molecule has 2 N–H and O–H groups in total. The van der Waals surface area contributed by atoms with Crippen molar-refractivity contribution in [2.24, 2.45) is 0 Å². The van der Waals surface area contributed by atoms with Gasteiger partial charge in [0.1, 0.15) is 5.60 Å². The van der Waals surface area contributed by atoms with Gasteiger partial charge < -0.3 is 9.84 Å². The van der Waals surface area contributed by atoms with E-state index >= 15 is 0 Å². The van der Waals surface area contributed by atoms with Crippen molar-refractivity contribution in [1.82, 2.24) is 0 Å². The van der Waals surface area contributed by atoms with Gasteiger partial charge in [-0.3, -0.25) is 5.26 Å². The Bertz CT molecular complexity index is 282. The minimum absolute atomic E-state index is 0.238. The second-order valence-electron chi connectivity index (χ2n) is 3.99. The Morgan fingerprint density at radius 1 is 1.25 bits per heavy atom. The fraction of sp³-hybridized carbons (Fsp3) is 0.500. The minimum atomic E-state index is -0.934. The highest BCUT2D eigenvalue weighted by Gasteiger charge is 2.24. The monoisotopic (exact) mass is 226 g/mol. The summed E-state index contributed by atoms with van der Waals surface area (Å²) in [5.74, 6) is 0. The Labute approximate surface area is 95.4 Å². The molecular formula is C12H18O4. The van der Waals surface area contributed by atoms with Crippen LogP contribution in [0.4, 0.5) is 0 Å². The molecule has 90 valence electrons.